The van der Waals surface area contributed by atoms with E-state index in [9.17, 15) is 0 Å². The Labute approximate surface area is 125 Å². The molecule has 0 unspecified atom stereocenters. The standard InChI is InChI=1S/C15H24N4S/c1-11-17-13(10-20-11)6-7-16-8-12-9-19(5)18-14(12)15(2,3)4/h9-10,16H,6-8H2,1-5H3. The molecule has 2 heterocycles. The van der Waals surface area contributed by atoms with Crippen LogP contribution in [0.4, 0.5) is 0 Å². The third kappa shape index (κ3) is 3.90. The van der Waals surface area contributed by atoms with Crippen LogP contribution in [0, 0.1) is 6.92 Å². The van der Waals surface area contributed by atoms with Gasteiger partial charge in [0.05, 0.1) is 16.4 Å². The minimum absolute atomic E-state index is 0.0876. The normalized spacial score (nSPS) is 12.1. The van der Waals surface area contributed by atoms with Crippen LogP contribution in [0.5, 0.6) is 0 Å². The lowest BCUT2D eigenvalue weighted by atomic mass is 9.89. The van der Waals surface area contributed by atoms with E-state index in [0.717, 1.165) is 24.5 Å². The molecule has 5 heteroatoms. The molecule has 2 aromatic rings. The van der Waals surface area contributed by atoms with E-state index in [0.29, 0.717) is 0 Å². The first-order chi connectivity index (χ1) is 9.36. The predicted octanol–water partition coefficient (Wildman–Crippen LogP) is 2.81. The molecule has 0 saturated heterocycles. The van der Waals surface area contributed by atoms with Crippen LogP contribution in [0.2, 0.25) is 0 Å². The Balaban J connectivity index is 1.88. The number of hydrogen-bond donors (Lipinski definition) is 1. The summed E-state index contributed by atoms with van der Waals surface area (Å²) in [6.45, 7) is 10.5. The molecule has 0 aliphatic carbocycles. The van der Waals surface area contributed by atoms with Crippen LogP contribution >= 0.6 is 11.3 Å². The maximum atomic E-state index is 4.59. The average Bonchev–Trinajstić information content (AvgIpc) is 2.90. The highest BCUT2D eigenvalue weighted by atomic mass is 32.1. The summed E-state index contributed by atoms with van der Waals surface area (Å²) in [5.41, 5.74) is 3.73. The number of nitrogens with zero attached hydrogens (tertiary/aromatic N) is 3. The van der Waals surface area contributed by atoms with Gasteiger partial charge in [-0.2, -0.15) is 5.10 Å². The van der Waals surface area contributed by atoms with Gasteiger partial charge in [0.2, 0.25) is 0 Å². The molecule has 0 radical (unpaired) electrons. The van der Waals surface area contributed by atoms with Gasteiger partial charge in [0, 0.05) is 49.1 Å². The molecule has 4 nitrogen and oxygen atoms in total. The number of aromatic nitrogens is 3. The summed E-state index contributed by atoms with van der Waals surface area (Å²) in [6, 6.07) is 0. The smallest absolute Gasteiger partial charge is 0.0897 e. The van der Waals surface area contributed by atoms with E-state index < -0.39 is 0 Å². The zero-order valence-electron chi connectivity index (χ0n) is 13.0. The summed E-state index contributed by atoms with van der Waals surface area (Å²) in [6.07, 6.45) is 3.09. The maximum Gasteiger partial charge on any atom is 0.0897 e. The van der Waals surface area contributed by atoms with E-state index in [1.54, 1.807) is 11.3 Å². The van der Waals surface area contributed by atoms with Gasteiger partial charge < -0.3 is 5.32 Å². The van der Waals surface area contributed by atoms with Crippen molar-refractivity contribution in [2.45, 2.75) is 46.1 Å². The summed E-state index contributed by atoms with van der Waals surface area (Å²) < 4.78 is 1.90. The van der Waals surface area contributed by atoms with Gasteiger partial charge in [-0.25, -0.2) is 4.98 Å². The van der Waals surface area contributed by atoms with E-state index in [1.807, 2.05) is 18.7 Å². The van der Waals surface area contributed by atoms with Crippen molar-refractivity contribution in [3.63, 3.8) is 0 Å². The first kappa shape index (κ1) is 15.2. The summed E-state index contributed by atoms with van der Waals surface area (Å²) >= 11 is 1.72. The molecule has 0 atom stereocenters. The SMILES string of the molecule is Cc1nc(CCNCc2cn(C)nc2C(C)(C)C)cs1. The lowest BCUT2D eigenvalue weighted by molar-refractivity contribution is 0.543. The molecule has 0 bridgehead atoms. The van der Waals surface area contributed by atoms with Crippen LogP contribution in [0.1, 0.15) is 42.7 Å². The molecule has 0 spiro atoms. The molecule has 20 heavy (non-hydrogen) atoms. The summed E-state index contributed by atoms with van der Waals surface area (Å²) in [5, 5.41) is 11.4. The molecule has 2 aromatic heterocycles. The molecule has 0 aliphatic rings. The Morgan fingerprint density at radius 3 is 2.70 bits per heavy atom. The van der Waals surface area contributed by atoms with Gasteiger partial charge in [-0.1, -0.05) is 20.8 Å². The Kier molecular flexibility index (Phi) is 4.60. The van der Waals surface area contributed by atoms with Gasteiger partial charge in [-0.05, 0) is 6.92 Å². The zero-order chi connectivity index (χ0) is 14.8. The van der Waals surface area contributed by atoms with Crippen molar-refractivity contribution in [2.24, 2.45) is 7.05 Å². The van der Waals surface area contributed by atoms with E-state index in [1.165, 1.54) is 17.0 Å². The van der Waals surface area contributed by atoms with Gasteiger partial charge in [-0.15, -0.1) is 11.3 Å². The number of aryl methyl sites for hydroxylation is 2. The maximum absolute atomic E-state index is 4.59. The van der Waals surface area contributed by atoms with Gasteiger partial charge in [0.1, 0.15) is 0 Å². The minimum atomic E-state index is 0.0876. The molecule has 0 fully saturated rings. The van der Waals surface area contributed by atoms with Crippen LogP contribution in [-0.2, 0) is 25.4 Å². The van der Waals surface area contributed by atoms with Crippen LogP contribution in [0.25, 0.3) is 0 Å². The first-order valence-electron chi connectivity index (χ1n) is 7.01. The van der Waals surface area contributed by atoms with E-state index in [2.05, 4.69) is 47.7 Å². The highest BCUT2D eigenvalue weighted by Crippen LogP contribution is 2.23. The molecule has 0 aliphatic heterocycles. The average molecular weight is 292 g/mol. The third-order valence-electron chi connectivity index (χ3n) is 3.15. The molecule has 0 saturated carbocycles. The van der Waals surface area contributed by atoms with Crippen molar-refractivity contribution in [1.29, 1.82) is 0 Å². The molecule has 110 valence electrons. The van der Waals surface area contributed by atoms with Gasteiger partial charge in [0.15, 0.2) is 0 Å². The second kappa shape index (κ2) is 6.06. The fourth-order valence-corrected chi connectivity index (χ4v) is 2.91. The fraction of sp³-hybridized carbons (Fsp3) is 0.600. The molecule has 2 rings (SSSR count). The third-order valence-corrected chi connectivity index (χ3v) is 3.98. The summed E-state index contributed by atoms with van der Waals surface area (Å²) in [4.78, 5) is 4.48. The van der Waals surface area contributed by atoms with Crippen LogP contribution in [-0.4, -0.2) is 21.3 Å². The second-order valence-corrected chi connectivity index (χ2v) is 7.27. The molecular weight excluding hydrogens is 268 g/mol. The van der Waals surface area contributed by atoms with Gasteiger partial charge in [0.25, 0.3) is 0 Å². The van der Waals surface area contributed by atoms with E-state index in [-0.39, 0.29) is 5.41 Å². The monoisotopic (exact) mass is 292 g/mol. The van der Waals surface area contributed by atoms with Crippen LogP contribution in [0.15, 0.2) is 11.6 Å². The van der Waals surface area contributed by atoms with Crippen molar-refractivity contribution < 1.29 is 0 Å². The van der Waals surface area contributed by atoms with Gasteiger partial charge >= 0.3 is 0 Å². The predicted molar refractivity (Wildman–Crippen MR) is 84.2 cm³/mol. The second-order valence-electron chi connectivity index (χ2n) is 6.21. The quantitative estimate of drug-likeness (QED) is 0.862. The lowest BCUT2D eigenvalue weighted by Gasteiger charge is -2.17. The van der Waals surface area contributed by atoms with Crippen molar-refractivity contribution >= 4 is 11.3 Å². The molecule has 1 N–H and O–H groups in total. The van der Waals surface area contributed by atoms with Crippen molar-refractivity contribution in [1.82, 2.24) is 20.1 Å². The minimum Gasteiger partial charge on any atom is -0.312 e. The number of nitrogens with one attached hydrogen (secondary N) is 1. The van der Waals surface area contributed by atoms with Crippen molar-refractivity contribution in [3.05, 3.63) is 33.5 Å². The first-order valence-corrected chi connectivity index (χ1v) is 7.89. The highest BCUT2D eigenvalue weighted by molar-refractivity contribution is 7.09. The largest absolute Gasteiger partial charge is 0.312 e. The molecule has 0 aromatic carbocycles. The van der Waals surface area contributed by atoms with E-state index >= 15 is 0 Å². The zero-order valence-corrected chi connectivity index (χ0v) is 13.8. The van der Waals surface area contributed by atoms with Crippen molar-refractivity contribution in [3.8, 4) is 0 Å². The van der Waals surface area contributed by atoms with Gasteiger partial charge in [-0.3, -0.25) is 4.68 Å². The topological polar surface area (TPSA) is 42.7 Å². The molecular formula is C15H24N4S. The Bertz CT molecular complexity index is 563. The lowest BCUT2D eigenvalue weighted by Crippen LogP contribution is -2.20. The van der Waals surface area contributed by atoms with E-state index in [4.69, 9.17) is 0 Å². The number of thiazole rings is 1. The Morgan fingerprint density at radius 2 is 2.10 bits per heavy atom. The summed E-state index contributed by atoms with van der Waals surface area (Å²) in [7, 11) is 1.98. The number of hydrogen-bond acceptors (Lipinski definition) is 4. The Morgan fingerprint density at radius 1 is 1.35 bits per heavy atom. The van der Waals surface area contributed by atoms with Crippen LogP contribution < -0.4 is 5.32 Å². The van der Waals surface area contributed by atoms with Crippen molar-refractivity contribution in [2.75, 3.05) is 6.54 Å². The summed E-state index contributed by atoms with van der Waals surface area (Å²) in [5.74, 6) is 0. The van der Waals surface area contributed by atoms with Crippen LogP contribution in [0.3, 0.4) is 0 Å². The Hall–Kier alpha value is -1.20. The fourth-order valence-electron chi connectivity index (χ4n) is 2.26. The molecule has 0 amide bonds. The highest BCUT2D eigenvalue weighted by Gasteiger charge is 2.21. The number of rotatable bonds is 5.